The van der Waals surface area contributed by atoms with E-state index in [0.29, 0.717) is 12.8 Å². The summed E-state index contributed by atoms with van der Waals surface area (Å²) in [5.41, 5.74) is -1.29. The van der Waals surface area contributed by atoms with Crippen LogP contribution in [-0.2, 0) is 14.3 Å². The van der Waals surface area contributed by atoms with Crippen molar-refractivity contribution in [1.29, 1.82) is 0 Å². The lowest BCUT2D eigenvalue weighted by atomic mass is 9.76. The molecule has 0 aromatic carbocycles. The van der Waals surface area contributed by atoms with E-state index in [9.17, 15) is 14.4 Å². The van der Waals surface area contributed by atoms with Crippen molar-refractivity contribution in [2.75, 3.05) is 6.61 Å². The summed E-state index contributed by atoms with van der Waals surface area (Å²) < 4.78 is 12.7. The summed E-state index contributed by atoms with van der Waals surface area (Å²) in [5, 5.41) is 0. The van der Waals surface area contributed by atoms with Crippen molar-refractivity contribution in [2.45, 2.75) is 64.2 Å². The van der Waals surface area contributed by atoms with Crippen LogP contribution in [0.25, 0.3) is 0 Å². The number of rotatable bonds is 4. The van der Waals surface area contributed by atoms with Gasteiger partial charge in [-0.2, -0.15) is 0 Å². The Bertz CT molecular complexity index is 701. The Hall–Kier alpha value is -1.89. The second-order valence-electron chi connectivity index (χ2n) is 7.03. The van der Waals surface area contributed by atoms with Gasteiger partial charge in [0.05, 0.1) is 11.5 Å². The Morgan fingerprint density at radius 3 is 2.79 bits per heavy atom. The minimum atomic E-state index is -0.486. The van der Waals surface area contributed by atoms with Gasteiger partial charge in [-0.1, -0.05) is 19.3 Å². The van der Waals surface area contributed by atoms with Crippen LogP contribution in [0.5, 0.6) is 0 Å². The molecule has 1 aromatic rings. The smallest absolute Gasteiger partial charge is 0.330 e. The highest BCUT2D eigenvalue weighted by Crippen LogP contribution is 2.37. The van der Waals surface area contributed by atoms with Gasteiger partial charge < -0.3 is 9.47 Å². The molecule has 24 heavy (non-hydrogen) atoms. The van der Waals surface area contributed by atoms with Gasteiger partial charge in [-0.15, -0.1) is 0 Å². The quantitative estimate of drug-likeness (QED) is 0.846. The van der Waals surface area contributed by atoms with Crippen molar-refractivity contribution < 1.29 is 14.3 Å². The van der Waals surface area contributed by atoms with E-state index in [1.807, 2.05) is 6.92 Å². The molecule has 0 amide bonds. The van der Waals surface area contributed by atoms with E-state index in [2.05, 4.69) is 4.98 Å². The average molecular weight is 336 g/mol. The number of H-pyrrole nitrogens is 1. The Morgan fingerprint density at radius 1 is 1.33 bits per heavy atom. The van der Waals surface area contributed by atoms with E-state index >= 15 is 0 Å². The molecule has 0 spiro atoms. The average Bonchev–Trinajstić information content (AvgIpc) is 3.02. The number of esters is 1. The van der Waals surface area contributed by atoms with Crippen LogP contribution in [0, 0.1) is 5.41 Å². The molecule has 0 radical (unpaired) electrons. The second-order valence-corrected chi connectivity index (χ2v) is 7.03. The summed E-state index contributed by atoms with van der Waals surface area (Å²) in [4.78, 5) is 37.5. The van der Waals surface area contributed by atoms with Crippen LogP contribution in [0.3, 0.4) is 0 Å². The molecular formula is C17H24N2O5. The molecule has 2 heterocycles. The van der Waals surface area contributed by atoms with Gasteiger partial charge in [0.25, 0.3) is 5.56 Å². The van der Waals surface area contributed by atoms with Gasteiger partial charge in [-0.25, -0.2) is 4.79 Å². The summed E-state index contributed by atoms with van der Waals surface area (Å²) in [7, 11) is 0. The summed E-state index contributed by atoms with van der Waals surface area (Å²) in [6.07, 6.45) is 7.23. The summed E-state index contributed by atoms with van der Waals surface area (Å²) in [5.74, 6) is -0.143. The van der Waals surface area contributed by atoms with Gasteiger partial charge in [0.15, 0.2) is 0 Å². The van der Waals surface area contributed by atoms with Gasteiger partial charge in [0.1, 0.15) is 12.8 Å². The fourth-order valence-electron chi connectivity index (χ4n) is 3.55. The van der Waals surface area contributed by atoms with E-state index in [4.69, 9.17) is 9.47 Å². The van der Waals surface area contributed by atoms with Crippen molar-refractivity contribution in [3.63, 3.8) is 0 Å². The van der Waals surface area contributed by atoms with Gasteiger partial charge in [-0.3, -0.25) is 19.1 Å². The SMILES string of the molecule is CC1(C(=O)OCC2CCC(n3ccc(=O)[nH]c3=O)O2)CCCCC1. The number of aromatic amines is 1. The summed E-state index contributed by atoms with van der Waals surface area (Å²) in [6, 6.07) is 1.29. The van der Waals surface area contributed by atoms with Gasteiger partial charge in [-0.05, 0) is 32.6 Å². The van der Waals surface area contributed by atoms with Crippen LogP contribution in [0.1, 0.15) is 58.1 Å². The first-order valence-corrected chi connectivity index (χ1v) is 8.62. The molecule has 1 N–H and O–H groups in total. The van der Waals surface area contributed by atoms with Crippen LogP contribution in [-0.4, -0.2) is 28.2 Å². The monoisotopic (exact) mass is 336 g/mol. The normalized spacial score (nSPS) is 26.2. The lowest BCUT2D eigenvalue weighted by molar-refractivity contribution is -0.161. The maximum atomic E-state index is 12.3. The van der Waals surface area contributed by atoms with Crippen LogP contribution >= 0.6 is 0 Å². The molecule has 2 fully saturated rings. The fraction of sp³-hybridized carbons (Fsp3) is 0.706. The molecule has 7 nitrogen and oxygen atoms in total. The van der Waals surface area contributed by atoms with Gasteiger partial charge in [0, 0.05) is 12.3 Å². The third-order valence-electron chi connectivity index (χ3n) is 5.10. The number of carbonyl (C=O) groups is 1. The van der Waals surface area contributed by atoms with Crippen LogP contribution in [0.2, 0.25) is 0 Å². The Labute approximate surface area is 140 Å². The Morgan fingerprint density at radius 2 is 2.08 bits per heavy atom. The van der Waals surface area contributed by atoms with Gasteiger partial charge >= 0.3 is 11.7 Å². The molecular weight excluding hydrogens is 312 g/mol. The van der Waals surface area contributed by atoms with Crippen molar-refractivity contribution in [2.24, 2.45) is 5.41 Å². The van der Waals surface area contributed by atoms with Crippen LogP contribution in [0.4, 0.5) is 0 Å². The number of carbonyl (C=O) groups excluding carboxylic acids is 1. The molecule has 0 bridgehead atoms. The minimum absolute atomic E-state index is 0.143. The zero-order chi connectivity index (χ0) is 17.2. The number of nitrogens with one attached hydrogen (secondary N) is 1. The zero-order valence-electron chi connectivity index (χ0n) is 14.0. The Balaban J connectivity index is 1.54. The first-order chi connectivity index (χ1) is 11.5. The predicted octanol–water partition coefficient (Wildman–Crippen LogP) is 1.73. The molecule has 1 aliphatic heterocycles. The maximum absolute atomic E-state index is 12.3. The first kappa shape index (κ1) is 17.0. The number of hydrogen-bond acceptors (Lipinski definition) is 5. The molecule has 3 rings (SSSR count). The molecule has 1 saturated carbocycles. The minimum Gasteiger partial charge on any atom is -0.463 e. The molecule has 2 unspecified atom stereocenters. The maximum Gasteiger partial charge on any atom is 0.330 e. The number of nitrogens with zero attached hydrogens (tertiary/aromatic N) is 1. The standard InChI is InChI=1S/C17H24N2O5/c1-17(8-3-2-4-9-17)15(21)23-11-12-5-6-14(24-12)19-10-7-13(20)18-16(19)22/h7,10,12,14H,2-6,8-9,11H2,1H3,(H,18,20,22). The highest BCUT2D eigenvalue weighted by Gasteiger charge is 2.37. The molecule has 1 saturated heterocycles. The van der Waals surface area contributed by atoms with E-state index < -0.39 is 17.5 Å². The van der Waals surface area contributed by atoms with E-state index in [1.54, 1.807) is 0 Å². The summed E-state index contributed by atoms with van der Waals surface area (Å²) >= 11 is 0. The topological polar surface area (TPSA) is 90.4 Å². The highest BCUT2D eigenvalue weighted by atomic mass is 16.6. The van der Waals surface area contributed by atoms with E-state index in [-0.39, 0.29) is 24.1 Å². The Kier molecular flexibility index (Phi) is 4.89. The zero-order valence-corrected chi connectivity index (χ0v) is 14.0. The van der Waals surface area contributed by atoms with E-state index in [1.165, 1.54) is 23.3 Å². The van der Waals surface area contributed by atoms with E-state index in [0.717, 1.165) is 25.7 Å². The van der Waals surface area contributed by atoms with Crippen molar-refractivity contribution in [3.05, 3.63) is 33.1 Å². The largest absolute Gasteiger partial charge is 0.463 e. The molecule has 2 atom stereocenters. The second kappa shape index (κ2) is 6.93. The molecule has 7 heteroatoms. The fourth-order valence-corrected chi connectivity index (χ4v) is 3.55. The molecule has 1 aromatic heterocycles. The van der Waals surface area contributed by atoms with Crippen LogP contribution < -0.4 is 11.2 Å². The third-order valence-corrected chi connectivity index (χ3v) is 5.10. The number of ether oxygens (including phenoxy) is 2. The number of aromatic nitrogens is 2. The first-order valence-electron chi connectivity index (χ1n) is 8.62. The van der Waals surface area contributed by atoms with Crippen LogP contribution in [0.15, 0.2) is 21.9 Å². The predicted molar refractivity (Wildman–Crippen MR) is 86.6 cm³/mol. The van der Waals surface area contributed by atoms with Crippen molar-refractivity contribution >= 4 is 5.97 Å². The van der Waals surface area contributed by atoms with Crippen molar-refractivity contribution in [3.8, 4) is 0 Å². The molecule has 2 aliphatic rings. The molecule has 132 valence electrons. The third kappa shape index (κ3) is 3.61. The van der Waals surface area contributed by atoms with Gasteiger partial charge in [0.2, 0.25) is 0 Å². The number of hydrogen-bond donors (Lipinski definition) is 1. The van der Waals surface area contributed by atoms with Crippen molar-refractivity contribution in [1.82, 2.24) is 9.55 Å². The highest BCUT2D eigenvalue weighted by molar-refractivity contribution is 5.76. The summed E-state index contributed by atoms with van der Waals surface area (Å²) in [6.45, 7) is 2.19. The lowest BCUT2D eigenvalue weighted by Crippen LogP contribution is -2.34. The lowest BCUT2D eigenvalue weighted by Gasteiger charge is -2.31. The molecule has 1 aliphatic carbocycles.